The lowest BCUT2D eigenvalue weighted by Gasteiger charge is -2.33. The number of halogens is 1. The lowest BCUT2D eigenvalue weighted by Crippen LogP contribution is -2.27. The van der Waals surface area contributed by atoms with Crippen LogP contribution in [0.2, 0.25) is 0 Å². The summed E-state index contributed by atoms with van der Waals surface area (Å²) in [5.74, 6) is 0.0241. The van der Waals surface area contributed by atoms with Gasteiger partial charge in [0, 0.05) is 10.6 Å². The number of thioether (sulfide) groups is 1. The highest BCUT2D eigenvalue weighted by molar-refractivity contribution is 7.99. The normalized spacial score (nSPS) is 15.6. The van der Waals surface area contributed by atoms with Gasteiger partial charge in [-0.2, -0.15) is 0 Å². The minimum Gasteiger partial charge on any atom is -0.325 e. The van der Waals surface area contributed by atoms with Crippen molar-refractivity contribution < 1.29 is 9.18 Å². The summed E-state index contributed by atoms with van der Waals surface area (Å²) in [6, 6.07) is 15.1. The predicted molar refractivity (Wildman–Crippen MR) is 146 cm³/mol. The van der Waals surface area contributed by atoms with E-state index in [4.69, 9.17) is 4.98 Å². The summed E-state index contributed by atoms with van der Waals surface area (Å²) in [6.45, 7) is 6.84. The highest BCUT2D eigenvalue weighted by Crippen LogP contribution is 2.42. The van der Waals surface area contributed by atoms with E-state index in [1.807, 2.05) is 30.3 Å². The number of aryl methyl sites for hydroxylation is 1. The molecule has 5 rings (SSSR count). The Balaban J connectivity index is 1.50. The summed E-state index contributed by atoms with van der Waals surface area (Å²) in [6.07, 6.45) is 2.91. The van der Waals surface area contributed by atoms with E-state index in [0.717, 1.165) is 35.3 Å². The fraction of sp³-hybridized carbons (Fsp3) is 0.321. The Labute approximate surface area is 217 Å². The summed E-state index contributed by atoms with van der Waals surface area (Å²) in [7, 11) is 0. The summed E-state index contributed by atoms with van der Waals surface area (Å²) in [5.41, 5.74) is 2.51. The van der Waals surface area contributed by atoms with Crippen LogP contribution >= 0.6 is 23.1 Å². The fourth-order valence-corrected chi connectivity index (χ4v) is 6.86. The zero-order valence-corrected chi connectivity index (χ0v) is 22.1. The Bertz CT molecular complexity index is 1470. The number of hydrogen-bond acceptors (Lipinski definition) is 5. The molecule has 36 heavy (non-hydrogen) atoms. The third-order valence-corrected chi connectivity index (χ3v) is 8.84. The number of carbonyl (C=O) groups excluding carboxylic acids is 1. The van der Waals surface area contributed by atoms with Gasteiger partial charge in [-0.05, 0) is 72.6 Å². The molecule has 2 aromatic carbocycles. The van der Waals surface area contributed by atoms with Crippen molar-refractivity contribution >= 4 is 44.9 Å². The minimum atomic E-state index is -0.362. The van der Waals surface area contributed by atoms with Gasteiger partial charge in [0.2, 0.25) is 5.91 Å². The molecule has 2 aromatic heterocycles. The van der Waals surface area contributed by atoms with Crippen LogP contribution in [0.15, 0.2) is 64.5 Å². The zero-order chi connectivity index (χ0) is 25.4. The number of hydrogen-bond donors (Lipinski definition) is 1. The maximum absolute atomic E-state index is 13.9. The lowest BCUT2D eigenvalue weighted by atomic mass is 9.72. The molecule has 1 atom stereocenters. The van der Waals surface area contributed by atoms with Crippen LogP contribution in [-0.4, -0.2) is 21.2 Å². The maximum Gasteiger partial charge on any atom is 0.267 e. The quantitative estimate of drug-likeness (QED) is 0.242. The molecule has 1 amide bonds. The van der Waals surface area contributed by atoms with Crippen molar-refractivity contribution in [1.82, 2.24) is 9.55 Å². The van der Waals surface area contributed by atoms with Crippen LogP contribution in [0, 0.1) is 17.2 Å². The van der Waals surface area contributed by atoms with E-state index in [0.29, 0.717) is 22.1 Å². The van der Waals surface area contributed by atoms with Crippen molar-refractivity contribution in [3.63, 3.8) is 0 Å². The smallest absolute Gasteiger partial charge is 0.267 e. The van der Waals surface area contributed by atoms with E-state index in [2.05, 4.69) is 26.1 Å². The molecule has 0 radical (unpaired) electrons. The number of amides is 1. The molecule has 8 heteroatoms. The highest BCUT2D eigenvalue weighted by atomic mass is 32.2. The number of thiophene rings is 1. The molecular weight excluding hydrogens is 493 g/mol. The van der Waals surface area contributed by atoms with Crippen LogP contribution in [0.3, 0.4) is 0 Å². The zero-order valence-electron chi connectivity index (χ0n) is 20.5. The second-order valence-electron chi connectivity index (χ2n) is 10.2. The van der Waals surface area contributed by atoms with E-state index >= 15 is 0 Å². The molecule has 0 spiro atoms. The Morgan fingerprint density at radius 3 is 2.58 bits per heavy atom. The number of para-hydroxylation sites is 1. The van der Waals surface area contributed by atoms with E-state index in [-0.39, 0.29) is 28.5 Å². The summed E-state index contributed by atoms with van der Waals surface area (Å²) in [5, 5.41) is 3.97. The maximum atomic E-state index is 13.9. The lowest BCUT2D eigenvalue weighted by molar-refractivity contribution is -0.113. The third-order valence-electron chi connectivity index (χ3n) is 6.75. The van der Waals surface area contributed by atoms with Crippen LogP contribution < -0.4 is 10.9 Å². The largest absolute Gasteiger partial charge is 0.325 e. The fourth-order valence-electron chi connectivity index (χ4n) is 4.71. The molecule has 186 valence electrons. The molecule has 0 fully saturated rings. The second kappa shape index (κ2) is 9.82. The van der Waals surface area contributed by atoms with E-state index in [1.54, 1.807) is 15.9 Å². The number of nitrogens with zero attached hydrogens (tertiary/aromatic N) is 2. The van der Waals surface area contributed by atoms with E-state index in [1.165, 1.54) is 40.9 Å². The van der Waals surface area contributed by atoms with Crippen LogP contribution in [0.1, 0.15) is 37.6 Å². The monoisotopic (exact) mass is 521 g/mol. The standard InChI is InChI=1S/C28H28FN3O2S2/c1-28(2,3)17-9-14-21-22(15-17)36-25-24(21)26(34)32(20-7-5-4-6-8-20)27(31-25)35-16-23(33)30-19-12-10-18(29)11-13-19/h4-8,10-13,17H,9,14-16H2,1-3H3,(H,30,33)/t17-/m0/s1. The van der Waals surface area contributed by atoms with Crippen molar-refractivity contribution in [3.8, 4) is 5.69 Å². The van der Waals surface area contributed by atoms with Crippen molar-refractivity contribution in [2.24, 2.45) is 11.3 Å². The van der Waals surface area contributed by atoms with Crippen LogP contribution in [0.5, 0.6) is 0 Å². The number of fused-ring (bicyclic) bond motifs is 3. The number of benzene rings is 2. The molecule has 0 bridgehead atoms. The number of carbonyl (C=O) groups is 1. The SMILES string of the molecule is CC(C)(C)[C@H]1CCc2c(sc3nc(SCC(=O)Nc4ccc(F)cc4)n(-c4ccccc4)c(=O)c23)C1. The molecule has 0 saturated carbocycles. The van der Waals surface area contributed by atoms with Gasteiger partial charge in [0.05, 0.1) is 16.8 Å². The molecule has 1 aliphatic carbocycles. The number of nitrogens with one attached hydrogen (secondary N) is 1. The number of rotatable bonds is 5. The summed E-state index contributed by atoms with van der Waals surface area (Å²) < 4.78 is 14.8. The predicted octanol–water partition coefficient (Wildman–Crippen LogP) is 6.47. The second-order valence-corrected chi connectivity index (χ2v) is 12.2. The Morgan fingerprint density at radius 2 is 1.89 bits per heavy atom. The van der Waals surface area contributed by atoms with Crippen molar-refractivity contribution in [1.29, 1.82) is 0 Å². The van der Waals surface area contributed by atoms with Crippen LogP contribution in [-0.2, 0) is 17.6 Å². The van der Waals surface area contributed by atoms with Gasteiger partial charge in [0.25, 0.3) is 5.56 Å². The summed E-state index contributed by atoms with van der Waals surface area (Å²) >= 11 is 2.84. The van der Waals surface area contributed by atoms with Crippen molar-refractivity contribution in [2.75, 3.05) is 11.1 Å². The number of aromatic nitrogens is 2. The molecule has 0 saturated heterocycles. The third kappa shape index (κ3) is 4.97. The van der Waals surface area contributed by atoms with Gasteiger partial charge in [-0.1, -0.05) is 50.7 Å². The first-order chi connectivity index (χ1) is 17.2. The average molecular weight is 522 g/mol. The highest BCUT2D eigenvalue weighted by Gasteiger charge is 2.32. The van der Waals surface area contributed by atoms with Gasteiger partial charge in [-0.3, -0.25) is 14.2 Å². The van der Waals surface area contributed by atoms with Gasteiger partial charge in [0.1, 0.15) is 10.6 Å². The molecule has 0 aliphatic heterocycles. The Morgan fingerprint density at radius 1 is 1.17 bits per heavy atom. The van der Waals surface area contributed by atoms with E-state index < -0.39 is 0 Å². The topological polar surface area (TPSA) is 64.0 Å². The molecule has 5 nitrogen and oxygen atoms in total. The van der Waals surface area contributed by atoms with Gasteiger partial charge in [-0.15, -0.1) is 11.3 Å². The van der Waals surface area contributed by atoms with Gasteiger partial charge in [0.15, 0.2) is 5.16 Å². The van der Waals surface area contributed by atoms with E-state index in [9.17, 15) is 14.0 Å². The summed E-state index contributed by atoms with van der Waals surface area (Å²) in [4.78, 5) is 33.4. The van der Waals surface area contributed by atoms with Gasteiger partial charge in [-0.25, -0.2) is 9.37 Å². The molecule has 1 aliphatic rings. The number of anilines is 1. The molecular formula is C28H28FN3O2S2. The molecule has 4 aromatic rings. The first-order valence-electron chi connectivity index (χ1n) is 12.0. The molecule has 0 unspecified atom stereocenters. The van der Waals surface area contributed by atoms with Crippen molar-refractivity contribution in [2.45, 2.75) is 45.2 Å². The Kier molecular flexibility index (Phi) is 6.74. The average Bonchev–Trinajstić information content (AvgIpc) is 3.22. The van der Waals surface area contributed by atoms with Gasteiger partial charge < -0.3 is 5.32 Å². The molecule has 2 heterocycles. The first kappa shape index (κ1) is 24.7. The Hall–Kier alpha value is -2.97. The van der Waals surface area contributed by atoms with Crippen LogP contribution in [0.25, 0.3) is 15.9 Å². The first-order valence-corrected chi connectivity index (χ1v) is 13.8. The minimum absolute atomic E-state index is 0.0688. The van der Waals surface area contributed by atoms with Crippen LogP contribution in [0.4, 0.5) is 10.1 Å². The van der Waals surface area contributed by atoms with Gasteiger partial charge >= 0.3 is 0 Å². The molecule has 1 N–H and O–H groups in total. The van der Waals surface area contributed by atoms with Crippen molar-refractivity contribution in [3.05, 3.63) is 81.2 Å².